The molecule has 1 aliphatic heterocycles. The number of ether oxygens (including phenoxy) is 1. The molecule has 1 heterocycles. The molecular formula is C16H30N2O3. The number of hydrogen-bond donors (Lipinski definition) is 2. The fourth-order valence-corrected chi connectivity index (χ4v) is 4.19. The van der Waals surface area contributed by atoms with E-state index >= 15 is 0 Å². The second-order valence-corrected chi connectivity index (χ2v) is 6.94. The minimum atomic E-state index is -0.708. The molecule has 3 unspecified atom stereocenters. The van der Waals surface area contributed by atoms with Gasteiger partial charge < -0.3 is 20.1 Å². The van der Waals surface area contributed by atoms with Crippen LogP contribution in [0, 0.1) is 5.92 Å². The Bertz CT molecular complexity index is 377. The third-order valence-corrected chi connectivity index (χ3v) is 5.67. The van der Waals surface area contributed by atoms with Crippen molar-refractivity contribution in [3.8, 4) is 0 Å². The van der Waals surface area contributed by atoms with Gasteiger partial charge in [-0.3, -0.25) is 4.79 Å². The molecule has 2 aliphatic rings. The number of piperidine rings is 1. The molecule has 0 aromatic carbocycles. The zero-order chi connectivity index (χ0) is 15.5. The summed E-state index contributed by atoms with van der Waals surface area (Å²) in [4.78, 5) is 14.1. The Morgan fingerprint density at radius 1 is 1.43 bits per heavy atom. The topological polar surface area (TPSA) is 61.8 Å². The molecule has 3 atom stereocenters. The Hall–Kier alpha value is -0.650. The molecule has 0 spiro atoms. The van der Waals surface area contributed by atoms with Crippen LogP contribution >= 0.6 is 0 Å². The number of carboxylic acids is 1. The van der Waals surface area contributed by atoms with E-state index in [1.807, 2.05) is 0 Å². The molecular weight excluding hydrogens is 268 g/mol. The molecule has 21 heavy (non-hydrogen) atoms. The summed E-state index contributed by atoms with van der Waals surface area (Å²) in [5, 5.41) is 12.7. The molecule has 2 fully saturated rings. The van der Waals surface area contributed by atoms with E-state index in [4.69, 9.17) is 4.74 Å². The molecule has 1 saturated carbocycles. The number of carbonyl (C=O) groups is 1. The van der Waals surface area contributed by atoms with Gasteiger partial charge in [0.2, 0.25) is 0 Å². The third kappa shape index (κ3) is 3.41. The van der Waals surface area contributed by atoms with Crippen LogP contribution in [0.3, 0.4) is 0 Å². The minimum absolute atomic E-state index is 0.0409. The molecule has 2 rings (SSSR count). The van der Waals surface area contributed by atoms with Crippen LogP contribution in [0.1, 0.15) is 45.4 Å². The molecule has 0 amide bonds. The van der Waals surface area contributed by atoms with Crippen LogP contribution in [-0.2, 0) is 9.53 Å². The van der Waals surface area contributed by atoms with E-state index in [9.17, 15) is 9.90 Å². The van der Waals surface area contributed by atoms with Crippen molar-refractivity contribution in [2.45, 2.75) is 56.6 Å². The molecule has 1 saturated heterocycles. The number of carboxylic acid groups (broad SMARTS) is 1. The highest BCUT2D eigenvalue weighted by atomic mass is 16.5. The van der Waals surface area contributed by atoms with Gasteiger partial charge in [-0.05, 0) is 65.1 Å². The fourth-order valence-electron chi connectivity index (χ4n) is 4.19. The van der Waals surface area contributed by atoms with Crippen molar-refractivity contribution in [1.29, 1.82) is 0 Å². The van der Waals surface area contributed by atoms with Crippen molar-refractivity contribution in [3.05, 3.63) is 0 Å². The van der Waals surface area contributed by atoms with Crippen molar-refractivity contribution in [1.82, 2.24) is 10.2 Å². The van der Waals surface area contributed by atoms with Gasteiger partial charge in [0, 0.05) is 13.7 Å². The van der Waals surface area contributed by atoms with Crippen molar-refractivity contribution >= 4 is 5.97 Å². The summed E-state index contributed by atoms with van der Waals surface area (Å²) in [7, 11) is 3.58. The zero-order valence-electron chi connectivity index (χ0n) is 13.7. The van der Waals surface area contributed by atoms with Crippen molar-refractivity contribution < 1.29 is 14.6 Å². The van der Waals surface area contributed by atoms with E-state index < -0.39 is 11.5 Å². The summed E-state index contributed by atoms with van der Waals surface area (Å²) in [6.07, 6.45) is 5.99. The molecule has 2 N–H and O–H groups in total. The Balaban J connectivity index is 1.92. The van der Waals surface area contributed by atoms with Gasteiger partial charge in [-0.1, -0.05) is 6.42 Å². The maximum Gasteiger partial charge on any atom is 0.324 e. The predicted molar refractivity (Wildman–Crippen MR) is 82.5 cm³/mol. The van der Waals surface area contributed by atoms with Crippen molar-refractivity contribution in [2.75, 3.05) is 33.8 Å². The van der Waals surface area contributed by atoms with Crippen LogP contribution < -0.4 is 5.32 Å². The largest absolute Gasteiger partial charge is 0.480 e. The number of methoxy groups -OCH3 is 1. The molecule has 122 valence electrons. The monoisotopic (exact) mass is 298 g/mol. The summed E-state index contributed by atoms with van der Waals surface area (Å²) >= 11 is 0. The summed E-state index contributed by atoms with van der Waals surface area (Å²) in [5.74, 6) is -0.455. The van der Waals surface area contributed by atoms with E-state index in [2.05, 4.69) is 17.1 Å². The summed E-state index contributed by atoms with van der Waals surface area (Å²) in [5.41, 5.74) is -0.749. The number of likely N-dealkylation sites (tertiary alicyclic amines) is 1. The summed E-state index contributed by atoms with van der Waals surface area (Å²) in [6.45, 7) is 5.20. The van der Waals surface area contributed by atoms with Crippen LogP contribution in [0.15, 0.2) is 0 Å². The van der Waals surface area contributed by atoms with Crippen molar-refractivity contribution in [2.24, 2.45) is 5.92 Å². The minimum Gasteiger partial charge on any atom is -0.480 e. The van der Waals surface area contributed by atoms with Crippen LogP contribution in [-0.4, -0.2) is 60.9 Å². The van der Waals surface area contributed by atoms with Gasteiger partial charge in [-0.15, -0.1) is 0 Å². The molecule has 0 radical (unpaired) electrons. The molecule has 5 heteroatoms. The Morgan fingerprint density at radius 2 is 2.19 bits per heavy atom. The first-order chi connectivity index (χ1) is 9.96. The first-order valence-corrected chi connectivity index (χ1v) is 8.15. The molecule has 0 bridgehead atoms. The number of rotatable bonds is 6. The fraction of sp³-hybridized carbons (Fsp3) is 0.938. The van der Waals surface area contributed by atoms with Crippen molar-refractivity contribution in [3.63, 3.8) is 0 Å². The standard InChI is InChI=1S/C16H30N2O3/c1-15(21-3)8-5-10-18(12-15)11-7-13-6-4-9-16(13,17-2)14(19)20/h13,17H,4-12H2,1-3H3,(H,19,20). The van der Waals surface area contributed by atoms with E-state index in [1.54, 1.807) is 14.2 Å². The van der Waals surface area contributed by atoms with Crippen LogP contribution in [0.2, 0.25) is 0 Å². The van der Waals surface area contributed by atoms with Gasteiger partial charge in [0.25, 0.3) is 0 Å². The zero-order valence-corrected chi connectivity index (χ0v) is 13.7. The lowest BCUT2D eigenvalue weighted by Gasteiger charge is -2.40. The Morgan fingerprint density at radius 3 is 2.81 bits per heavy atom. The first kappa shape index (κ1) is 16.7. The van der Waals surface area contributed by atoms with Crippen LogP contribution in [0.25, 0.3) is 0 Å². The van der Waals surface area contributed by atoms with Crippen LogP contribution in [0.4, 0.5) is 0 Å². The van der Waals surface area contributed by atoms with E-state index in [1.165, 1.54) is 0 Å². The number of nitrogens with one attached hydrogen (secondary N) is 1. The molecule has 0 aromatic rings. The van der Waals surface area contributed by atoms with E-state index in [0.29, 0.717) is 0 Å². The average molecular weight is 298 g/mol. The van der Waals surface area contributed by atoms with Gasteiger partial charge in [0.15, 0.2) is 0 Å². The first-order valence-electron chi connectivity index (χ1n) is 8.15. The average Bonchev–Trinajstić information content (AvgIpc) is 2.89. The highest BCUT2D eigenvalue weighted by Crippen LogP contribution is 2.38. The Labute approximate surface area is 128 Å². The molecule has 0 aromatic heterocycles. The lowest BCUT2D eigenvalue weighted by Crippen LogP contribution is -2.54. The molecule has 1 aliphatic carbocycles. The summed E-state index contributed by atoms with van der Waals surface area (Å²) in [6, 6.07) is 0. The van der Waals surface area contributed by atoms with Gasteiger partial charge in [0.05, 0.1) is 5.60 Å². The predicted octanol–water partition coefficient (Wildman–Crippen LogP) is 1.72. The quantitative estimate of drug-likeness (QED) is 0.782. The highest BCUT2D eigenvalue weighted by molar-refractivity contribution is 5.79. The van der Waals surface area contributed by atoms with Gasteiger partial charge in [0.1, 0.15) is 5.54 Å². The van der Waals surface area contributed by atoms with E-state index in [-0.39, 0.29) is 11.5 Å². The SMILES string of the molecule is CNC1(C(=O)O)CCCC1CCN1CCCC(C)(OC)C1. The smallest absolute Gasteiger partial charge is 0.324 e. The number of aliphatic carboxylic acids is 1. The second kappa shape index (κ2) is 6.63. The van der Waals surface area contributed by atoms with Gasteiger partial charge >= 0.3 is 5.97 Å². The maximum absolute atomic E-state index is 11.7. The number of likely N-dealkylation sites (N-methyl/N-ethyl adjacent to an activating group) is 1. The normalized spacial score (nSPS) is 37.8. The molecule has 5 nitrogen and oxygen atoms in total. The Kier molecular flexibility index (Phi) is 5.28. The van der Waals surface area contributed by atoms with Crippen LogP contribution in [0.5, 0.6) is 0 Å². The second-order valence-electron chi connectivity index (χ2n) is 6.94. The van der Waals surface area contributed by atoms with E-state index in [0.717, 1.165) is 58.2 Å². The lowest BCUT2D eigenvalue weighted by molar-refractivity contribution is -0.146. The number of hydrogen-bond acceptors (Lipinski definition) is 4. The summed E-state index contributed by atoms with van der Waals surface area (Å²) < 4.78 is 5.63. The maximum atomic E-state index is 11.7. The lowest BCUT2D eigenvalue weighted by atomic mass is 9.84. The third-order valence-electron chi connectivity index (χ3n) is 5.67. The highest BCUT2D eigenvalue weighted by Gasteiger charge is 2.47. The number of nitrogens with zero attached hydrogens (tertiary/aromatic N) is 1. The van der Waals surface area contributed by atoms with Gasteiger partial charge in [-0.2, -0.15) is 0 Å². The van der Waals surface area contributed by atoms with Gasteiger partial charge in [-0.25, -0.2) is 0 Å².